The minimum Gasteiger partial charge on any atom is -0.480 e. The van der Waals surface area contributed by atoms with Crippen LogP contribution in [0.4, 0.5) is 14.5 Å². The molecule has 1 rings (SSSR count). The van der Waals surface area contributed by atoms with Crippen LogP contribution in [0.15, 0.2) is 24.3 Å². The van der Waals surface area contributed by atoms with E-state index in [4.69, 9.17) is 5.11 Å². The van der Waals surface area contributed by atoms with Crippen molar-refractivity contribution in [1.82, 2.24) is 0 Å². The molecule has 0 amide bonds. The summed E-state index contributed by atoms with van der Waals surface area (Å²) in [6, 6.07) is 5.20. The van der Waals surface area contributed by atoms with Crippen molar-refractivity contribution in [2.45, 2.75) is 32.4 Å². The summed E-state index contributed by atoms with van der Waals surface area (Å²) in [7, 11) is 0. The van der Waals surface area contributed by atoms with Crippen LogP contribution in [0, 0.1) is 0 Å². The number of hydrogen-bond acceptors (Lipinski definition) is 3. The Morgan fingerprint density at radius 1 is 1.44 bits per heavy atom. The molecule has 0 aromatic heterocycles. The zero-order valence-electron chi connectivity index (χ0n) is 9.90. The molecule has 6 heteroatoms. The van der Waals surface area contributed by atoms with E-state index in [1.807, 2.05) is 6.92 Å². The quantitative estimate of drug-likeness (QED) is 0.790. The lowest BCUT2D eigenvalue weighted by molar-refractivity contribution is -0.138. The zero-order valence-corrected chi connectivity index (χ0v) is 9.90. The number of nitrogens with one attached hydrogen (secondary N) is 1. The highest BCUT2D eigenvalue weighted by molar-refractivity contribution is 5.78. The smallest absolute Gasteiger partial charge is 0.387 e. The Kier molecular flexibility index (Phi) is 5.35. The number of carboxylic acid groups (broad SMARTS) is 1. The zero-order chi connectivity index (χ0) is 13.5. The number of hydrogen-bond donors (Lipinski definition) is 2. The van der Waals surface area contributed by atoms with E-state index < -0.39 is 18.6 Å². The molecule has 0 spiro atoms. The maximum absolute atomic E-state index is 12.2. The monoisotopic (exact) mass is 259 g/mol. The topological polar surface area (TPSA) is 58.6 Å². The molecule has 0 aliphatic carbocycles. The Balaban J connectivity index is 2.84. The van der Waals surface area contributed by atoms with Gasteiger partial charge < -0.3 is 15.2 Å². The average molecular weight is 259 g/mol. The van der Waals surface area contributed by atoms with Gasteiger partial charge in [0.05, 0.1) is 5.69 Å². The number of para-hydroxylation sites is 2. The van der Waals surface area contributed by atoms with Crippen molar-refractivity contribution in [2.75, 3.05) is 5.32 Å². The van der Waals surface area contributed by atoms with Gasteiger partial charge in [0.1, 0.15) is 11.8 Å². The Hall–Kier alpha value is -1.85. The summed E-state index contributed by atoms with van der Waals surface area (Å²) in [4.78, 5) is 11.0. The average Bonchev–Trinajstić information content (AvgIpc) is 2.30. The lowest BCUT2D eigenvalue weighted by Gasteiger charge is -2.17. The van der Waals surface area contributed by atoms with E-state index in [2.05, 4.69) is 10.1 Å². The molecule has 0 aliphatic heterocycles. The fraction of sp³-hybridized carbons (Fsp3) is 0.417. The highest BCUT2D eigenvalue weighted by Gasteiger charge is 2.18. The van der Waals surface area contributed by atoms with Crippen molar-refractivity contribution in [2.24, 2.45) is 0 Å². The minimum atomic E-state index is -2.94. The van der Waals surface area contributed by atoms with Gasteiger partial charge in [0.25, 0.3) is 0 Å². The third kappa shape index (κ3) is 4.20. The number of benzene rings is 1. The minimum absolute atomic E-state index is 0.0603. The maximum atomic E-state index is 12.2. The van der Waals surface area contributed by atoms with E-state index in [1.165, 1.54) is 12.1 Å². The molecule has 0 saturated carbocycles. The second-order valence-electron chi connectivity index (χ2n) is 3.70. The van der Waals surface area contributed by atoms with Gasteiger partial charge in [-0.05, 0) is 18.6 Å². The van der Waals surface area contributed by atoms with Gasteiger partial charge in [0, 0.05) is 0 Å². The number of alkyl halides is 2. The number of carboxylic acids is 1. The molecule has 1 atom stereocenters. The first kappa shape index (κ1) is 14.2. The van der Waals surface area contributed by atoms with Crippen LogP contribution in [0.5, 0.6) is 5.75 Å². The standard InChI is InChI=1S/C12H15F2NO3/c1-2-5-9(11(16)17)15-8-6-3-4-7-10(8)18-12(13)14/h3-4,6-7,9,12,15H,2,5H2,1H3,(H,16,17). The van der Waals surface area contributed by atoms with E-state index in [0.717, 1.165) is 0 Å². The predicted molar refractivity (Wildman–Crippen MR) is 63.0 cm³/mol. The van der Waals surface area contributed by atoms with Crippen LogP contribution >= 0.6 is 0 Å². The molecule has 2 N–H and O–H groups in total. The van der Waals surface area contributed by atoms with Crippen LogP contribution in [0.25, 0.3) is 0 Å². The van der Waals surface area contributed by atoms with Gasteiger partial charge in [-0.25, -0.2) is 4.79 Å². The number of carbonyl (C=O) groups is 1. The SMILES string of the molecule is CCCC(Nc1ccccc1OC(F)F)C(=O)O. The van der Waals surface area contributed by atoms with E-state index >= 15 is 0 Å². The highest BCUT2D eigenvalue weighted by atomic mass is 19.3. The second kappa shape index (κ2) is 6.78. The molecular weight excluding hydrogens is 244 g/mol. The molecule has 0 saturated heterocycles. The molecule has 4 nitrogen and oxygen atoms in total. The van der Waals surface area contributed by atoms with Crippen molar-refractivity contribution < 1.29 is 23.4 Å². The molecule has 0 aliphatic rings. The molecule has 0 fully saturated rings. The van der Waals surface area contributed by atoms with Crippen molar-refractivity contribution in [3.8, 4) is 5.75 Å². The van der Waals surface area contributed by atoms with Gasteiger partial charge in [-0.15, -0.1) is 0 Å². The molecule has 1 unspecified atom stereocenters. The van der Waals surface area contributed by atoms with Crippen molar-refractivity contribution in [3.63, 3.8) is 0 Å². The Labute approximate surface area is 104 Å². The van der Waals surface area contributed by atoms with Gasteiger partial charge in [-0.2, -0.15) is 8.78 Å². The lowest BCUT2D eigenvalue weighted by atomic mass is 10.1. The van der Waals surface area contributed by atoms with Crippen molar-refractivity contribution >= 4 is 11.7 Å². The van der Waals surface area contributed by atoms with Crippen molar-refractivity contribution in [1.29, 1.82) is 0 Å². The number of rotatable bonds is 7. The summed E-state index contributed by atoms with van der Waals surface area (Å²) in [6.07, 6.45) is 1.07. The van der Waals surface area contributed by atoms with Gasteiger partial charge in [-0.1, -0.05) is 25.5 Å². The van der Waals surface area contributed by atoms with Gasteiger partial charge >= 0.3 is 12.6 Å². The summed E-state index contributed by atoms with van der Waals surface area (Å²) in [5, 5.41) is 11.7. The van der Waals surface area contributed by atoms with Crippen molar-refractivity contribution in [3.05, 3.63) is 24.3 Å². The molecule has 0 heterocycles. The molecule has 0 bridgehead atoms. The highest BCUT2D eigenvalue weighted by Crippen LogP contribution is 2.26. The van der Waals surface area contributed by atoms with Crippen LogP contribution in [0.3, 0.4) is 0 Å². The molecular formula is C12H15F2NO3. The van der Waals surface area contributed by atoms with Crippen LogP contribution in [-0.2, 0) is 4.79 Å². The Morgan fingerprint density at radius 2 is 2.11 bits per heavy atom. The van der Waals surface area contributed by atoms with Crippen LogP contribution < -0.4 is 10.1 Å². The van der Waals surface area contributed by atoms with E-state index in [0.29, 0.717) is 12.8 Å². The summed E-state index contributed by atoms with van der Waals surface area (Å²) >= 11 is 0. The van der Waals surface area contributed by atoms with E-state index in [1.54, 1.807) is 12.1 Å². The fourth-order valence-electron chi connectivity index (χ4n) is 1.52. The summed E-state index contributed by atoms with van der Waals surface area (Å²) < 4.78 is 28.7. The van der Waals surface area contributed by atoms with E-state index in [-0.39, 0.29) is 11.4 Å². The number of halogens is 2. The van der Waals surface area contributed by atoms with Crippen LogP contribution in [-0.4, -0.2) is 23.7 Å². The summed E-state index contributed by atoms with van der Waals surface area (Å²) in [5.41, 5.74) is 0.249. The number of ether oxygens (including phenoxy) is 1. The Morgan fingerprint density at radius 3 is 2.67 bits per heavy atom. The molecule has 1 aromatic carbocycles. The third-order valence-corrected chi connectivity index (χ3v) is 2.31. The first-order chi connectivity index (χ1) is 8.54. The largest absolute Gasteiger partial charge is 0.480 e. The number of anilines is 1. The lowest BCUT2D eigenvalue weighted by Crippen LogP contribution is -2.29. The third-order valence-electron chi connectivity index (χ3n) is 2.31. The van der Waals surface area contributed by atoms with Gasteiger partial charge in [0.2, 0.25) is 0 Å². The molecule has 18 heavy (non-hydrogen) atoms. The number of aliphatic carboxylic acids is 1. The maximum Gasteiger partial charge on any atom is 0.387 e. The fourth-order valence-corrected chi connectivity index (χ4v) is 1.52. The summed E-state index contributed by atoms with van der Waals surface area (Å²) in [5.74, 6) is -1.08. The van der Waals surface area contributed by atoms with Gasteiger partial charge in [-0.3, -0.25) is 0 Å². The normalized spacial score (nSPS) is 12.2. The first-order valence-electron chi connectivity index (χ1n) is 5.57. The molecule has 1 aromatic rings. The summed E-state index contributed by atoms with van der Waals surface area (Å²) in [6.45, 7) is -1.10. The molecule has 0 radical (unpaired) electrons. The molecule has 100 valence electrons. The van der Waals surface area contributed by atoms with Crippen LogP contribution in [0.2, 0.25) is 0 Å². The van der Waals surface area contributed by atoms with E-state index in [9.17, 15) is 13.6 Å². The second-order valence-corrected chi connectivity index (χ2v) is 3.70. The Bertz CT molecular complexity index is 399. The first-order valence-corrected chi connectivity index (χ1v) is 5.57. The van der Waals surface area contributed by atoms with Crippen LogP contribution in [0.1, 0.15) is 19.8 Å². The van der Waals surface area contributed by atoms with Gasteiger partial charge in [0.15, 0.2) is 0 Å². The predicted octanol–water partition coefficient (Wildman–Crippen LogP) is 2.95.